The number of amides is 3. The lowest BCUT2D eigenvalue weighted by molar-refractivity contribution is -0.385. The summed E-state index contributed by atoms with van der Waals surface area (Å²) >= 11 is 5.99. The van der Waals surface area contributed by atoms with Gasteiger partial charge in [0.05, 0.1) is 16.2 Å². The Labute approximate surface area is 181 Å². The second-order valence-electron chi connectivity index (χ2n) is 6.87. The molecule has 0 unspecified atom stereocenters. The number of carbonyl (C=O) groups excluding carboxylic acids is 3. The van der Waals surface area contributed by atoms with Gasteiger partial charge in [-0.2, -0.15) is 0 Å². The third-order valence-electron chi connectivity index (χ3n) is 4.90. The minimum absolute atomic E-state index is 0.0522. The van der Waals surface area contributed by atoms with Crippen molar-refractivity contribution in [3.8, 4) is 0 Å². The zero-order chi connectivity index (χ0) is 22.3. The Morgan fingerprint density at radius 3 is 2.52 bits per heavy atom. The van der Waals surface area contributed by atoms with Crippen LogP contribution in [0.15, 0.2) is 60.7 Å². The Morgan fingerprint density at radius 1 is 1.03 bits per heavy atom. The molecule has 0 saturated heterocycles. The molecule has 0 bridgehead atoms. The Kier molecular flexibility index (Phi) is 5.00. The Balaban J connectivity index is 1.67. The fraction of sp³-hybridized carbons (Fsp3) is 0.0455. The molecule has 3 aromatic carbocycles. The van der Waals surface area contributed by atoms with Gasteiger partial charge in [-0.15, -0.1) is 0 Å². The van der Waals surface area contributed by atoms with Crippen LogP contribution in [0.25, 0.3) is 0 Å². The number of nitrogens with zero attached hydrogens (tertiary/aromatic N) is 2. The van der Waals surface area contributed by atoms with Gasteiger partial charge in [-0.25, -0.2) is 4.90 Å². The summed E-state index contributed by atoms with van der Waals surface area (Å²) in [7, 11) is 0. The minimum atomic E-state index is -0.810. The van der Waals surface area contributed by atoms with Crippen LogP contribution in [0.1, 0.15) is 36.6 Å². The predicted octanol–water partition coefficient (Wildman–Crippen LogP) is 4.61. The molecule has 0 radical (unpaired) electrons. The van der Waals surface area contributed by atoms with Gasteiger partial charge in [0.2, 0.25) is 0 Å². The molecule has 9 heteroatoms. The van der Waals surface area contributed by atoms with Crippen LogP contribution in [0.4, 0.5) is 17.1 Å². The number of hydrogen-bond acceptors (Lipinski definition) is 5. The van der Waals surface area contributed by atoms with Crippen molar-refractivity contribution in [3.63, 3.8) is 0 Å². The van der Waals surface area contributed by atoms with Crippen molar-refractivity contribution in [1.29, 1.82) is 0 Å². The van der Waals surface area contributed by atoms with Crippen LogP contribution in [0.2, 0.25) is 5.02 Å². The van der Waals surface area contributed by atoms with Gasteiger partial charge in [0, 0.05) is 22.3 Å². The monoisotopic (exact) mass is 435 g/mol. The normalized spacial score (nSPS) is 12.6. The SMILES string of the molecule is Cc1ccc(Cl)cc1NC(=O)c1cccc(N2C(=O)c3cccc([N+](=O)[O-])c3C2=O)c1. The van der Waals surface area contributed by atoms with Gasteiger partial charge in [0.15, 0.2) is 0 Å². The van der Waals surface area contributed by atoms with Gasteiger partial charge in [0.25, 0.3) is 23.4 Å². The summed E-state index contributed by atoms with van der Waals surface area (Å²) in [5.74, 6) is -1.96. The average molecular weight is 436 g/mol. The summed E-state index contributed by atoms with van der Waals surface area (Å²) in [6, 6.07) is 14.9. The predicted molar refractivity (Wildman–Crippen MR) is 115 cm³/mol. The number of carbonyl (C=O) groups is 3. The molecule has 1 aliphatic heterocycles. The maximum Gasteiger partial charge on any atom is 0.283 e. The van der Waals surface area contributed by atoms with Crippen LogP contribution in [0.3, 0.4) is 0 Å². The molecule has 8 nitrogen and oxygen atoms in total. The third-order valence-corrected chi connectivity index (χ3v) is 5.14. The summed E-state index contributed by atoms with van der Waals surface area (Å²) in [4.78, 5) is 49.8. The first-order valence-electron chi connectivity index (χ1n) is 9.11. The van der Waals surface area contributed by atoms with Crippen molar-refractivity contribution < 1.29 is 19.3 Å². The van der Waals surface area contributed by atoms with Gasteiger partial charge in [0.1, 0.15) is 5.56 Å². The van der Waals surface area contributed by atoms with Crippen LogP contribution in [0.5, 0.6) is 0 Å². The lowest BCUT2D eigenvalue weighted by Gasteiger charge is -2.15. The highest BCUT2D eigenvalue weighted by Gasteiger charge is 2.41. The molecule has 0 atom stereocenters. The highest BCUT2D eigenvalue weighted by molar-refractivity contribution is 6.35. The first-order valence-corrected chi connectivity index (χ1v) is 9.49. The first kappa shape index (κ1) is 20.2. The van der Waals surface area contributed by atoms with Crippen molar-refractivity contribution in [3.05, 3.63) is 98.1 Å². The van der Waals surface area contributed by atoms with Gasteiger partial charge >= 0.3 is 0 Å². The Bertz CT molecular complexity index is 1290. The van der Waals surface area contributed by atoms with Crippen LogP contribution in [0, 0.1) is 17.0 Å². The number of imide groups is 1. The van der Waals surface area contributed by atoms with E-state index in [4.69, 9.17) is 11.6 Å². The summed E-state index contributed by atoms with van der Waals surface area (Å²) < 4.78 is 0. The third kappa shape index (κ3) is 3.53. The summed E-state index contributed by atoms with van der Waals surface area (Å²) in [5, 5.41) is 14.5. The van der Waals surface area contributed by atoms with Crippen LogP contribution in [-0.4, -0.2) is 22.6 Å². The largest absolute Gasteiger partial charge is 0.322 e. The van der Waals surface area contributed by atoms with Crippen LogP contribution >= 0.6 is 11.6 Å². The van der Waals surface area contributed by atoms with E-state index < -0.39 is 28.3 Å². The van der Waals surface area contributed by atoms with Gasteiger partial charge in [-0.1, -0.05) is 29.8 Å². The van der Waals surface area contributed by atoms with E-state index in [1.54, 1.807) is 18.2 Å². The molecule has 1 N–H and O–H groups in total. The smallest absolute Gasteiger partial charge is 0.283 e. The van der Waals surface area contributed by atoms with E-state index in [-0.39, 0.29) is 22.4 Å². The number of nitro benzene ring substituents is 1. The Hall–Kier alpha value is -4.04. The van der Waals surface area contributed by atoms with E-state index >= 15 is 0 Å². The number of aryl methyl sites for hydroxylation is 1. The van der Waals surface area contributed by atoms with E-state index in [1.807, 2.05) is 6.92 Å². The zero-order valence-electron chi connectivity index (χ0n) is 16.1. The number of hydrogen-bond donors (Lipinski definition) is 1. The molecule has 0 aromatic heterocycles. The van der Waals surface area contributed by atoms with E-state index in [9.17, 15) is 24.5 Å². The van der Waals surface area contributed by atoms with E-state index in [1.165, 1.54) is 42.5 Å². The number of nitro groups is 1. The van der Waals surface area contributed by atoms with Gasteiger partial charge in [-0.3, -0.25) is 24.5 Å². The van der Waals surface area contributed by atoms with Gasteiger partial charge < -0.3 is 5.32 Å². The Morgan fingerprint density at radius 2 is 1.77 bits per heavy atom. The number of benzene rings is 3. The maximum absolute atomic E-state index is 12.9. The number of rotatable bonds is 4. The van der Waals surface area contributed by atoms with Crippen molar-refractivity contribution >= 4 is 46.4 Å². The molecule has 0 saturated carbocycles. The van der Waals surface area contributed by atoms with Crippen molar-refractivity contribution in [2.45, 2.75) is 6.92 Å². The fourth-order valence-corrected chi connectivity index (χ4v) is 3.54. The number of halogens is 1. The average Bonchev–Trinajstić information content (AvgIpc) is 3.01. The molecule has 1 heterocycles. The summed E-state index contributed by atoms with van der Waals surface area (Å²) in [6.45, 7) is 1.81. The lowest BCUT2D eigenvalue weighted by Crippen LogP contribution is -2.29. The molecule has 4 rings (SSSR count). The van der Waals surface area contributed by atoms with E-state index in [0.29, 0.717) is 10.7 Å². The van der Waals surface area contributed by atoms with Gasteiger partial charge in [-0.05, 0) is 48.9 Å². The number of nitrogens with one attached hydrogen (secondary N) is 1. The molecule has 3 aromatic rings. The van der Waals surface area contributed by atoms with Crippen molar-refractivity contribution in [2.24, 2.45) is 0 Å². The topological polar surface area (TPSA) is 110 Å². The molecule has 1 aliphatic rings. The molecular weight excluding hydrogens is 422 g/mol. The summed E-state index contributed by atoms with van der Waals surface area (Å²) in [5.41, 5.74) is 0.911. The summed E-state index contributed by atoms with van der Waals surface area (Å²) in [6.07, 6.45) is 0. The standard InChI is InChI=1S/C22H14ClN3O5/c1-12-8-9-14(23)11-17(12)24-20(27)13-4-2-5-15(10-13)25-21(28)16-6-3-7-18(26(30)31)19(16)22(25)29/h2-11H,1H3,(H,24,27). The molecule has 0 aliphatic carbocycles. The van der Waals surface area contributed by atoms with Crippen molar-refractivity contribution in [2.75, 3.05) is 10.2 Å². The molecular formula is C22H14ClN3O5. The lowest BCUT2D eigenvalue weighted by atomic mass is 10.1. The highest BCUT2D eigenvalue weighted by atomic mass is 35.5. The second-order valence-corrected chi connectivity index (χ2v) is 7.30. The molecule has 31 heavy (non-hydrogen) atoms. The number of anilines is 2. The molecule has 3 amide bonds. The molecule has 0 fully saturated rings. The molecule has 0 spiro atoms. The number of fused-ring (bicyclic) bond motifs is 1. The quantitative estimate of drug-likeness (QED) is 0.365. The zero-order valence-corrected chi connectivity index (χ0v) is 16.8. The molecule has 154 valence electrons. The second kappa shape index (κ2) is 7.66. The maximum atomic E-state index is 12.9. The van der Waals surface area contributed by atoms with Crippen LogP contribution in [-0.2, 0) is 0 Å². The van der Waals surface area contributed by atoms with E-state index in [0.717, 1.165) is 10.5 Å². The fourth-order valence-electron chi connectivity index (χ4n) is 3.36. The minimum Gasteiger partial charge on any atom is -0.322 e. The highest BCUT2D eigenvalue weighted by Crippen LogP contribution is 2.34. The van der Waals surface area contributed by atoms with Crippen molar-refractivity contribution in [1.82, 2.24) is 0 Å². The first-order chi connectivity index (χ1) is 14.8. The van der Waals surface area contributed by atoms with Crippen LogP contribution < -0.4 is 10.2 Å². The van der Waals surface area contributed by atoms with E-state index in [2.05, 4.69) is 5.32 Å².